The molecule has 4 heteroatoms. The van der Waals surface area contributed by atoms with Gasteiger partial charge >= 0.3 is 0 Å². The number of hydrogen-bond acceptors (Lipinski definition) is 2. The molecule has 0 spiro atoms. The van der Waals surface area contributed by atoms with Gasteiger partial charge in [0.1, 0.15) is 7.85 Å². The van der Waals surface area contributed by atoms with Gasteiger partial charge in [-0.2, -0.15) is 0 Å². The number of rotatable bonds is 2. The topological polar surface area (TPSA) is 49.3 Å². The molecule has 0 saturated carbocycles. The molecule has 3 nitrogen and oxygen atoms in total. The predicted molar refractivity (Wildman–Crippen MR) is 77.3 cm³/mol. The van der Waals surface area contributed by atoms with E-state index in [-0.39, 0.29) is 12.3 Å². The van der Waals surface area contributed by atoms with Crippen LogP contribution < -0.4 is 10.8 Å². The lowest BCUT2D eigenvalue weighted by Gasteiger charge is -2.21. The average molecular weight is 251 g/mol. The highest BCUT2D eigenvalue weighted by atomic mass is 16.3. The van der Waals surface area contributed by atoms with Gasteiger partial charge < -0.3 is 10.4 Å². The highest BCUT2D eigenvalue weighted by molar-refractivity contribution is 6.32. The number of amides is 1. The number of anilines is 1. The van der Waals surface area contributed by atoms with Crippen LogP contribution in [0.15, 0.2) is 48.5 Å². The summed E-state index contributed by atoms with van der Waals surface area (Å²) in [4.78, 5) is 12.1. The molecule has 1 aliphatic heterocycles. The van der Waals surface area contributed by atoms with Gasteiger partial charge in [-0.1, -0.05) is 47.9 Å². The minimum absolute atomic E-state index is 0.288. The maximum Gasteiger partial charge on any atom is 0.261 e. The van der Waals surface area contributed by atoms with Crippen LogP contribution in [0.25, 0.3) is 0 Å². The number of benzene rings is 2. The van der Waals surface area contributed by atoms with E-state index in [0.717, 1.165) is 11.0 Å². The van der Waals surface area contributed by atoms with Crippen molar-refractivity contribution in [3.63, 3.8) is 0 Å². The minimum Gasteiger partial charge on any atom is -0.375 e. The molecule has 0 radical (unpaired) electrons. The molecular weight excluding hydrogens is 237 g/mol. The van der Waals surface area contributed by atoms with E-state index in [0.29, 0.717) is 11.3 Å². The number of aliphatic hydroxyl groups is 1. The molecule has 3 rings (SSSR count). The SMILES string of the molecule is Bc1ccc2c(c1)C(O)(Cc1ccccc1)C(=O)N2. The van der Waals surface area contributed by atoms with E-state index in [4.69, 9.17) is 0 Å². The van der Waals surface area contributed by atoms with Crippen molar-refractivity contribution in [2.24, 2.45) is 0 Å². The van der Waals surface area contributed by atoms with Gasteiger partial charge in [0.05, 0.1) is 0 Å². The molecule has 1 amide bonds. The molecule has 0 fully saturated rings. The van der Waals surface area contributed by atoms with Crippen LogP contribution in [0, 0.1) is 0 Å². The van der Waals surface area contributed by atoms with Gasteiger partial charge in [-0.05, 0) is 11.6 Å². The molecule has 2 aromatic carbocycles. The smallest absolute Gasteiger partial charge is 0.261 e. The van der Waals surface area contributed by atoms with E-state index in [1.807, 2.05) is 56.4 Å². The highest BCUT2D eigenvalue weighted by Gasteiger charge is 2.45. The van der Waals surface area contributed by atoms with Crippen molar-refractivity contribution in [1.29, 1.82) is 0 Å². The average Bonchev–Trinajstić information content (AvgIpc) is 2.64. The van der Waals surface area contributed by atoms with Gasteiger partial charge in [-0.3, -0.25) is 4.79 Å². The predicted octanol–water partition coefficient (Wildman–Crippen LogP) is 0.327. The normalized spacial score (nSPS) is 21.0. The van der Waals surface area contributed by atoms with Gasteiger partial charge in [0, 0.05) is 17.7 Å². The van der Waals surface area contributed by atoms with Crippen molar-refractivity contribution < 1.29 is 9.90 Å². The largest absolute Gasteiger partial charge is 0.375 e. The van der Waals surface area contributed by atoms with E-state index in [2.05, 4.69) is 5.32 Å². The first kappa shape index (κ1) is 12.0. The molecule has 1 aliphatic rings. The molecule has 19 heavy (non-hydrogen) atoms. The fraction of sp³-hybridized carbons (Fsp3) is 0.133. The van der Waals surface area contributed by atoms with Crippen molar-refractivity contribution in [2.75, 3.05) is 5.32 Å². The van der Waals surface area contributed by atoms with E-state index in [9.17, 15) is 9.90 Å². The summed E-state index contributed by atoms with van der Waals surface area (Å²) in [6, 6.07) is 15.2. The zero-order chi connectivity index (χ0) is 13.5. The van der Waals surface area contributed by atoms with Crippen LogP contribution in [0.4, 0.5) is 5.69 Å². The van der Waals surface area contributed by atoms with E-state index >= 15 is 0 Å². The van der Waals surface area contributed by atoms with E-state index in [1.165, 1.54) is 0 Å². The lowest BCUT2D eigenvalue weighted by Crippen LogP contribution is -2.36. The molecule has 1 unspecified atom stereocenters. The molecule has 0 aliphatic carbocycles. The summed E-state index contributed by atoms with van der Waals surface area (Å²) in [6.07, 6.45) is 0.288. The van der Waals surface area contributed by atoms with Crippen LogP contribution in [0.1, 0.15) is 11.1 Å². The Morgan fingerprint density at radius 3 is 2.63 bits per heavy atom. The van der Waals surface area contributed by atoms with Crippen molar-refractivity contribution >= 4 is 24.9 Å². The Hall–Kier alpha value is -2.07. The second-order valence-electron chi connectivity index (χ2n) is 5.03. The summed E-state index contributed by atoms with van der Waals surface area (Å²) in [5, 5.41) is 13.5. The summed E-state index contributed by atoms with van der Waals surface area (Å²) in [5.74, 6) is -0.350. The number of hydrogen-bond donors (Lipinski definition) is 2. The van der Waals surface area contributed by atoms with Crippen molar-refractivity contribution in [1.82, 2.24) is 0 Å². The Labute approximate surface area is 112 Å². The molecular formula is C15H14BNO2. The molecule has 94 valence electrons. The van der Waals surface area contributed by atoms with Crippen LogP contribution in [0.5, 0.6) is 0 Å². The highest BCUT2D eigenvalue weighted by Crippen LogP contribution is 2.37. The van der Waals surface area contributed by atoms with Crippen LogP contribution in [0.2, 0.25) is 0 Å². The Kier molecular flexibility index (Phi) is 2.68. The fourth-order valence-corrected chi connectivity index (χ4v) is 2.52. The second kappa shape index (κ2) is 4.25. The van der Waals surface area contributed by atoms with E-state index < -0.39 is 5.60 Å². The lowest BCUT2D eigenvalue weighted by atomic mass is 9.84. The standard InChI is InChI=1S/C15H14BNO2/c16-11-6-7-13-12(8-11)15(19,14(18)17-13)9-10-4-2-1-3-5-10/h1-8,19H,9,16H2,(H,17,18). The van der Waals surface area contributed by atoms with Crippen molar-refractivity contribution in [2.45, 2.75) is 12.0 Å². The quantitative estimate of drug-likeness (QED) is 0.755. The first-order valence-electron chi connectivity index (χ1n) is 6.28. The first-order chi connectivity index (χ1) is 9.09. The Bertz CT molecular complexity index is 642. The Balaban J connectivity index is 2.04. The summed E-state index contributed by atoms with van der Waals surface area (Å²) in [7, 11) is 1.95. The van der Waals surface area contributed by atoms with Crippen molar-refractivity contribution in [3.05, 3.63) is 59.7 Å². The third-order valence-electron chi connectivity index (χ3n) is 3.55. The van der Waals surface area contributed by atoms with Gasteiger partial charge in [-0.15, -0.1) is 0 Å². The Morgan fingerprint density at radius 2 is 1.89 bits per heavy atom. The number of nitrogens with one attached hydrogen (secondary N) is 1. The third-order valence-corrected chi connectivity index (χ3v) is 3.55. The summed E-state index contributed by atoms with van der Waals surface area (Å²) in [5.41, 5.74) is 1.87. The Morgan fingerprint density at radius 1 is 1.16 bits per heavy atom. The molecule has 2 aromatic rings. The molecule has 0 bridgehead atoms. The van der Waals surface area contributed by atoms with Crippen LogP contribution in [-0.4, -0.2) is 18.9 Å². The fourth-order valence-electron chi connectivity index (χ4n) is 2.52. The zero-order valence-electron chi connectivity index (χ0n) is 10.7. The number of fused-ring (bicyclic) bond motifs is 1. The summed E-state index contributed by atoms with van der Waals surface area (Å²) in [6.45, 7) is 0. The maximum absolute atomic E-state index is 12.1. The maximum atomic E-state index is 12.1. The minimum atomic E-state index is -1.47. The van der Waals surface area contributed by atoms with Gasteiger partial charge in [0.25, 0.3) is 5.91 Å². The van der Waals surface area contributed by atoms with E-state index in [1.54, 1.807) is 0 Å². The third kappa shape index (κ3) is 1.94. The van der Waals surface area contributed by atoms with Gasteiger partial charge in [0.2, 0.25) is 0 Å². The number of carbonyl (C=O) groups is 1. The van der Waals surface area contributed by atoms with Crippen molar-refractivity contribution in [3.8, 4) is 0 Å². The summed E-state index contributed by atoms with van der Waals surface area (Å²) >= 11 is 0. The molecule has 1 atom stereocenters. The number of carbonyl (C=O) groups excluding carboxylic acids is 1. The van der Waals surface area contributed by atoms with Crippen LogP contribution >= 0.6 is 0 Å². The van der Waals surface area contributed by atoms with Gasteiger partial charge in [0.15, 0.2) is 5.60 Å². The first-order valence-corrected chi connectivity index (χ1v) is 6.28. The lowest BCUT2D eigenvalue weighted by molar-refractivity contribution is -0.133. The summed E-state index contributed by atoms with van der Waals surface area (Å²) < 4.78 is 0. The zero-order valence-corrected chi connectivity index (χ0v) is 10.7. The van der Waals surface area contributed by atoms with Crippen LogP contribution in [0.3, 0.4) is 0 Å². The molecule has 1 heterocycles. The van der Waals surface area contributed by atoms with Crippen LogP contribution in [-0.2, 0) is 16.8 Å². The molecule has 2 N–H and O–H groups in total. The molecule has 0 aromatic heterocycles. The molecule has 0 saturated heterocycles. The second-order valence-corrected chi connectivity index (χ2v) is 5.03. The van der Waals surface area contributed by atoms with Gasteiger partial charge in [-0.25, -0.2) is 0 Å². The monoisotopic (exact) mass is 251 g/mol.